The fourth-order valence-electron chi connectivity index (χ4n) is 1.08. The van der Waals surface area contributed by atoms with E-state index in [9.17, 15) is 12.8 Å². The monoisotopic (exact) mass is 320 g/mol. The normalized spacial score (nSPS) is 11.4. The number of nitrogens with zero attached hydrogens (tertiary/aromatic N) is 2. The Balaban J connectivity index is 2.35. The summed E-state index contributed by atoms with van der Waals surface area (Å²) in [6.07, 6.45) is 1.15. The maximum Gasteiger partial charge on any atom is 0.264 e. The van der Waals surface area contributed by atoms with Crippen LogP contribution in [0.1, 0.15) is 0 Å². The van der Waals surface area contributed by atoms with Crippen molar-refractivity contribution in [3.63, 3.8) is 0 Å². The number of sulfonamides is 1. The molecule has 0 saturated heterocycles. The molecule has 1 aromatic heterocycles. The van der Waals surface area contributed by atoms with Crippen LogP contribution in [0.15, 0.2) is 33.9 Å². The van der Waals surface area contributed by atoms with Gasteiger partial charge >= 0.3 is 0 Å². The minimum Gasteiger partial charge on any atom is -0.248 e. The molecule has 0 saturated carbocycles. The molecule has 0 fully saturated rings. The molecule has 6 nitrogen and oxygen atoms in total. The molecular weight excluding hydrogens is 315 g/mol. The molecule has 0 aliphatic rings. The summed E-state index contributed by atoms with van der Waals surface area (Å²) in [5, 5.41) is 5.82. The quantitative estimate of drug-likeness (QED) is 0.897. The molecule has 2 aromatic rings. The Kier molecular flexibility index (Phi) is 3.11. The molecule has 0 spiro atoms. The van der Waals surface area contributed by atoms with Crippen LogP contribution in [0.4, 0.5) is 10.3 Å². The summed E-state index contributed by atoms with van der Waals surface area (Å²) in [5.74, 6) is -0.696. The van der Waals surface area contributed by atoms with Gasteiger partial charge in [0, 0.05) is 0 Å². The summed E-state index contributed by atoms with van der Waals surface area (Å²) in [5.41, 5.74) is 0. The molecule has 0 radical (unpaired) electrons. The molecule has 0 bridgehead atoms. The van der Waals surface area contributed by atoms with Gasteiger partial charge in [0.15, 0.2) is 0 Å². The summed E-state index contributed by atoms with van der Waals surface area (Å²) in [6.45, 7) is 0. The fourth-order valence-corrected chi connectivity index (χ4v) is 2.31. The zero-order valence-corrected chi connectivity index (χ0v) is 10.6. The smallest absolute Gasteiger partial charge is 0.248 e. The number of nitrogens with one attached hydrogen (secondary N) is 2. The van der Waals surface area contributed by atoms with E-state index < -0.39 is 15.8 Å². The van der Waals surface area contributed by atoms with Crippen LogP contribution in [0.25, 0.3) is 0 Å². The fraction of sp³-hybridized carbons (Fsp3) is 0. The Labute approximate surface area is 104 Å². The Hall–Kier alpha value is -1.48. The van der Waals surface area contributed by atoms with Crippen molar-refractivity contribution in [3.8, 4) is 0 Å². The molecule has 90 valence electrons. The van der Waals surface area contributed by atoms with Crippen molar-refractivity contribution < 1.29 is 12.8 Å². The first-order valence-corrected chi connectivity index (χ1v) is 6.60. The van der Waals surface area contributed by atoms with Crippen LogP contribution in [0.5, 0.6) is 0 Å². The van der Waals surface area contributed by atoms with E-state index in [1.807, 2.05) is 0 Å². The van der Waals surface area contributed by atoms with Crippen LogP contribution in [0, 0.1) is 5.82 Å². The van der Waals surface area contributed by atoms with Gasteiger partial charge in [0.05, 0.1) is 9.37 Å². The number of anilines is 1. The number of hydrogen-bond acceptors (Lipinski definition) is 4. The van der Waals surface area contributed by atoms with Gasteiger partial charge in [-0.3, -0.25) is 0 Å². The number of aromatic amines is 1. The minimum atomic E-state index is -3.87. The van der Waals surface area contributed by atoms with Gasteiger partial charge in [-0.1, -0.05) is 0 Å². The summed E-state index contributed by atoms with van der Waals surface area (Å²) < 4.78 is 39.1. The van der Waals surface area contributed by atoms with E-state index in [4.69, 9.17) is 0 Å². The van der Waals surface area contributed by atoms with E-state index in [2.05, 4.69) is 35.8 Å². The molecule has 0 atom stereocenters. The third kappa shape index (κ3) is 2.61. The molecule has 1 heterocycles. The van der Waals surface area contributed by atoms with Crippen LogP contribution >= 0.6 is 15.9 Å². The lowest BCUT2D eigenvalue weighted by atomic mass is 10.3. The SMILES string of the molecule is O=S(=O)(Nc1ncn[nH]1)c1ccc(Br)c(F)c1. The number of aromatic nitrogens is 3. The summed E-state index contributed by atoms with van der Waals surface area (Å²) in [7, 11) is -3.87. The molecule has 0 aliphatic heterocycles. The number of benzene rings is 1. The average Bonchev–Trinajstić information content (AvgIpc) is 2.73. The standard InChI is InChI=1S/C8H6BrFN4O2S/c9-6-2-1-5(3-7(6)10)17(15,16)14-8-11-4-12-13-8/h1-4H,(H2,11,12,13,14). The topological polar surface area (TPSA) is 87.7 Å². The van der Waals surface area contributed by atoms with E-state index in [1.165, 1.54) is 12.1 Å². The maximum absolute atomic E-state index is 13.2. The number of H-pyrrole nitrogens is 1. The van der Waals surface area contributed by atoms with Gasteiger partial charge < -0.3 is 0 Å². The van der Waals surface area contributed by atoms with Crippen molar-refractivity contribution in [3.05, 3.63) is 34.8 Å². The molecule has 9 heteroatoms. The predicted molar refractivity (Wildman–Crippen MR) is 61.3 cm³/mol. The third-order valence-corrected chi connectivity index (χ3v) is 3.83. The highest BCUT2D eigenvalue weighted by molar-refractivity contribution is 9.10. The van der Waals surface area contributed by atoms with Crippen LogP contribution in [0.3, 0.4) is 0 Å². The lowest BCUT2D eigenvalue weighted by molar-refractivity contribution is 0.593. The van der Waals surface area contributed by atoms with E-state index in [-0.39, 0.29) is 15.3 Å². The summed E-state index contributed by atoms with van der Waals surface area (Å²) in [4.78, 5) is 3.41. The second kappa shape index (κ2) is 4.41. The first-order chi connectivity index (χ1) is 7.99. The van der Waals surface area contributed by atoms with Gasteiger partial charge in [0.1, 0.15) is 12.1 Å². The Morgan fingerprint density at radius 3 is 2.76 bits per heavy atom. The van der Waals surface area contributed by atoms with Crippen LogP contribution in [-0.2, 0) is 10.0 Å². The number of hydrogen-bond donors (Lipinski definition) is 2. The molecular formula is C8H6BrFN4O2S. The molecule has 0 unspecified atom stereocenters. The van der Waals surface area contributed by atoms with Crippen molar-refractivity contribution in [2.45, 2.75) is 4.90 Å². The van der Waals surface area contributed by atoms with Crippen molar-refractivity contribution in [2.75, 3.05) is 4.72 Å². The Bertz CT molecular complexity index is 629. The number of rotatable bonds is 3. The van der Waals surface area contributed by atoms with Crippen LogP contribution in [-0.4, -0.2) is 23.6 Å². The second-order valence-corrected chi connectivity index (χ2v) is 5.55. The highest BCUT2D eigenvalue weighted by Gasteiger charge is 2.17. The largest absolute Gasteiger partial charge is 0.264 e. The van der Waals surface area contributed by atoms with E-state index in [1.54, 1.807) is 0 Å². The first kappa shape index (κ1) is 12.0. The lowest BCUT2D eigenvalue weighted by Crippen LogP contribution is -2.14. The Morgan fingerprint density at radius 2 is 2.18 bits per heavy atom. The van der Waals surface area contributed by atoms with Crippen molar-refractivity contribution in [2.24, 2.45) is 0 Å². The Morgan fingerprint density at radius 1 is 1.41 bits per heavy atom. The second-order valence-electron chi connectivity index (χ2n) is 3.02. The average molecular weight is 321 g/mol. The molecule has 2 N–H and O–H groups in total. The van der Waals surface area contributed by atoms with Gasteiger partial charge in [-0.05, 0) is 34.1 Å². The highest BCUT2D eigenvalue weighted by Crippen LogP contribution is 2.20. The molecule has 0 amide bonds. The zero-order valence-electron chi connectivity index (χ0n) is 8.18. The molecule has 1 aromatic carbocycles. The van der Waals surface area contributed by atoms with Crippen LogP contribution < -0.4 is 4.72 Å². The minimum absolute atomic E-state index is 0.0340. The predicted octanol–water partition coefficient (Wildman–Crippen LogP) is 1.51. The molecule has 0 aliphatic carbocycles. The highest BCUT2D eigenvalue weighted by atomic mass is 79.9. The van der Waals surface area contributed by atoms with Gasteiger partial charge in [0.2, 0.25) is 5.95 Å². The molecule has 17 heavy (non-hydrogen) atoms. The third-order valence-electron chi connectivity index (χ3n) is 1.85. The first-order valence-electron chi connectivity index (χ1n) is 4.32. The van der Waals surface area contributed by atoms with Crippen molar-refractivity contribution in [1.82, 2.24) is 15.2 Å². The van der Waals surface area contributed by atoms with Crippen LogP contribution in [0.2, 0.25) is 0 Å². The van der Waals surface area contributed by atoms with Crippen molar-refractivity contribution in [1.29, 1.82) is 0 Å². The number of halogens is 2. The molecule has 2 rings (SSSR count). The van der Waals surface area contributed by atoms with Gasteiger partial charge in [-0.15, -0.1) is 0 Å². The zero-order chi connectivity index (χ0) is 12.5. The summed E-state index contributed by atoms with van der Waals surface area (Å²) >= 11 is 2.94. The van der Waals surface area contributed by atoms with E-state index >= 15 is 0 Å². The van der Waals surface area contributed by atoms with Gasteiger partial charge in [0.25, 0.3) is 10.0 Å². The van der Waals surface area contributed by atoms with Gasteiger partial charge in [-0.2, -0.15) is 10.1 Å². The summed E-state index contributed by atoms with van der Waals surface area (Å²) in [6, 6.07) is 3.49. The van der Waals surface area contributed by atoms with E-state index in [0.717, 1.165) is 12.4 Å². The van der Waals surface area contributed by atoms with Crippen molar-refractivity contribution >= 4 is 31.9 Å². The van der Waals surface area contributed by atoms with E-state index in [0.29, 0.717) is 0 Å². The van der Waals surface area contributed by atoms with Gasteiger partial charge in [-0.25, -0.2) is 22.6 Å². The lowest BCUT2D eigenvalue weighted by Gasteiger charge is -2.05. The maximum atomic E-state index is 13.2.